The van der Waals surface area contributed by atoms with Crippen LogP contribution in [0.5, 0.6) is 0 Å². The first-order valence-corrected chi connectivity index (χ1v) is 13.1. The Bertz CT molecular complexity index is 1000. The van der Waals surface area contributed by atoms with Gasteiger partial charge in [-0.1, -0.05) is 24.6 Å². The lowest BCUT2D eigenvalue weighted by Crippen LogP contribution is -2.45. The van der Waals surface area contributed by atoms with Gasteiger partial charge in [0.2, 0.25) is 0 Å². The standard InChI is InChI=1S/C29H37NO3/c1-29-17-25(18-2-5-20(6-3-18)30-14-12-21(31)13-15-30)28-23-9-7-22(32)16-19(23)4-8-24(28)26(29)10-11-27(29)33/h2-3,5-6,16,21,24-27,31,33H,4,7-15,17H2,1H3. The van der Waals surface area contributed by atoms with Crippen LogP contribution in [0.25, 0.3) is 0 Å². The summed E-state index contributed by atoms with van der Waals surface area (Å²) >= 11 is 0. The molecule has 5 aliphatic rings. The highest BCUT2D eigenvalue weighted by Crippen LogP contribution is 2.63. The molecule has 1 aromatic rings. The van der Waals surface area contributed by atoms with E-state index in [0.717, 1.165) is 64.5 Å². The predicted octanol–water partition coefficient (Wildman–Crippen LogP) is 4.91. The number of carbonyl (C=O) groups is 1. The molecule has 1 aliphatic heterocycles. The van der Waals surface area contributed by atoms with E-state index in [0.29, 0.717) is 24.2 Å². The van der Waals surface area contributed by atoms with Crippen LogP contribution < -0.4 is 4.90 Å². The fraction of sp³-hybridized carbons (Fsp3) is 0.621. The Balaban J connectivity index is 1.39. The number of allylic oxidation sites excluding steroid dienone is 4. The van der Waals surface area contributed by atoms with E-state index in [4.69, 9.17) is 0 Å². The molecule has 2 N–H and O–H groups in total. The van der Waals surface area contributed by atoms with Gasteiger partial charge in [0.25, 0.3) is 0 Å². The zero-order valence-electron chi connectivity index (χ0n) is 19.8. The Morgan fingerprint density at radius 2 is 1.70 bits per heavy atom. The van der Waals surface area contributed by atoms with Gasteiger partial charge in [0.1, 0.15) is 0 Å². The smallest absolute Gasteiger partial charge is 0.156 e. The molecule has 1 saturated heterocycles. The van der Waals surface area contributed by atoms with Crippen LogP contribution in [-0.4, -0.2) is 41.3 Å². The number of aliphatic hydroxyl groups is 2. The molecule has 1 aromatic carbocycles. The minimum absolute atomic E-state index is 0.0211. The van der Waals surface area contributed by atoms with E-state index in [1.165, 1.54) is 22.4 Å². The lowest BCUT2D eigenvalue weighted by atomic mass is 9.53. The Morgan fingerprint density at radius 3 is 2.45 bits per heavy atom. The molecule has 5 atom stereocenters. The number of nitrogens with zero attached hydrogens (tertiary/aromatic N) is 1. The van der Waals surface area contributed by atoms with Gasteiger partial charge in [-0.3, -0.25) is 4.79 Å². The average Bonchev–Trinajstić information content (AvgIpc) is 3.13. The summed E-state index contributed by atoms with van der Waals surface area (Å²) in [5, 5.41) is 20.9. The van der Waals surface area contributed by atoms with Crippen LogP contribution >= 0.6 is 0 Å². The van der Waals surface area contributed by atoms with Gasteiger partial charge in [-0.2, -0.15) is 0 Å². The molecule has 3 fully saturated rings. The van der Waals surface area contributed by atoms with Gasteiger partial charge in [0.15, 0.2) is 5.78 Å². The van der Waals surface area contributed by atoms with Crippen LogP contribution in [0.1, 0.15) is 76.2 Å². The van der Waals surface area contributed by atoms with E-state index < -0.39 is 0 Å². The summed E-state index contributed by atoms with van der Waals surface area (Å²) in [5.74, 6) is 1.71. The number of benzene rings is 1. The van der Waals surface area contributed by atoms with Crippen molar-refractivity contribution in [3.05, 3.63) is 52.6 Å². The van der Waals surface area contributed by atoms with E-state index >= 15 is 0 Å². The summed E-state index contributed by atoms with van der Waals surface area (Å²) in [6.07, 6.45) is 9.99. The Hall–Kier alpha value is -1.91. The van der Waals surface area contributed by atoms with Crippen molar-refractivity contribution in [1.82, 2.24) is 0 Å². The van der Waals surface area contributed by atoms with E-state index in [1.807, 2.05) is 6.08 Å². The summed E-state index contributed by atoms with van der Waals surface area (Å²) in [4.78, 5) is 14.5. The fourth-order valence-corrected chi connectivity index (χ4v) is 7.97. The molecule has 2 saturated carbocycles. The highest BCUT2D eigenvalue weighted by Gasteiger charge is 2.56. The van der Waals surface area contributed by atoms with Gasteiger partial charge in [-0.05, 0) is 104 Å². The van der Waals surface area contributed by atoms with Gasteiger partial charge >= 0.3 is 0 Å². The molecule has 1 heterocycles. The number of piperidine rings is 1. The molecule has 0 aromatic heterocycles. The normalized spacial score (nSPS) is 36.9. The first-order valence-electron chi connectivity index (χ1n) is 13.1. The SMILES string of the molecule is CC12CC(c3ccc(N4CCC(O)CC4)cc3)C3=C4CCC(=O)C=C4CCC3C1CCC2O. The zero-order valence-corrected chi connectivity index (χ0v) is 19.8. The molecule has 4 aliphatic carbocycles. The Labute approximate surface area is 197 Å². The molecule has 6 rings (SSSR count). The summed E-state index contributed by atoms with van der Waals surface area (Å²) in [6, 6.07) is 9.15. The number of anilines is 1. The number of hydrogen-bond acceptors (Lipinski definition) is 4. The van der Waals surface area contributed by atoms with E-state index in [-0.39, 0.29) is 23.4 Å². The van der Waals surface area contributed by atoms with E-state index in [9.17, 15) is 15.0 Å². The Kier molecular flexibility index (Phi) is 5.30. The third kappa shape index (κ3) is 3.52. The van der Waals surface area contributed by atoms with Crippen molar-refractivity contribution < 1.29 is 15.0 Å². The first kappa shape index (κ1) is 21.6. The molecule has 0 spiro atoms. The maximum absolute atomic E-state index is 12.2. The first-order chi connectivity index (χ1) is 15.9. The second-order valence-corrected chi connectivity index (χ2v) is 11.5. The summed E-state index contributed by atoms with van der Waals surface area (Å²) in [5.41, 5.74) is 6.97. The molecular weight excluding hydrogens is 410 g/mol. The largest absolute Gasteiger partial charge is 0.393 e. The summed E-state index contributed by atoms with van der Waals surface area (Å²) in [6.45, 7) is 4.16. The molecule has 0 bridgehead atoms. The molecule has 176 valence electrons. The molecule has 0 radical (unpaired) electrons. The van der Waals surface area contributed by atoms with Gasteiger partial charge in [0, 0.05) is 31.1 Å². The lowest BCUT2D eigenvalue weighted by molar-refractivity contribution is -0.114. The van der Waals surface area contributed by atoms with Crippen molar-refractivity contribution >= 4 is 11.5 Å². The van der Waals surface area contributed by atoms with Gasteiger partial charge in [-0.25, -0.2) is 0 Å². The third-order valence-electron chi connectivity index (χ3n) is 9.81. The number of hydrogen-bond donors (Lipinski definition) is 2. The highest BCUT2D eigenvalue weighted by molar-refractivity contribution is 5.93. The molecule has 4 nitrogen and oxygen atoms in total. The van der Waals surface area contributed by atoms with Crippen molar-refractivity contribution in [2.45, 2.75) is 82.8 Å². The van der Waals surface area contributed by atoms with Crippen molar-refractivity contribution in [2.75, 3.05) is 18.0 Å². The summed E-state index contributed by atoms with van der Waals surface area (Å²) < 4.78 is 0. The van der Waals surface area contributed by atoms with Crippen LogP contribution in [0.4, 0.5) is 5.69 Å². The molecular formula is C29H37NO3. The number of fused-ring (bicyclic) bond motifs is 4. The van der Waals surface area contributed by atoms with Gasteiger partial charge in [-0.15, -0.1) is 0 Å². The Morgan fingerprint density at radius 1 is 0.939 bits per heavy atom. The average molecular weight is 448 g/mol. The predicted molar refractivity (Wildman–Crippen MR) is 130 cm³/mol. The van der Waals surface area contributed by atoms with E-state index in [1.54, 1.807) is 5.57 Å². The van der Waals surface area contributed by atoms with Gasteiger partial charge < -0.3 is 15.1 Å². The van der Waals surface area contributed by atoms with Crippen LogP contribution in [-0.2, 0) is 4.79 Å². The molecule has 4 heteroatoms. The lowest BCUT2D eigenvalue weighted by Gasteiger charge is -2.52. The van der Waals surface area contributed by atoms with Crippen molar-refractivity contribution in [3.8, 4) is 0 Å². The monoisotopic (exact) mass is 447 g/mol. The highest BCUT2D eigenvalue weighted by atomic mass is 16.3. The van der Waals surface area contributed by atoms with Crippen LogP contribution in [0, 0.1) is 17.3 Å². The van der Waals surface area contributed by atoms with Crippen molar-refractivity contribution in [1.29, 1.82) is 0 Å². The quantitative estimate of drug-likeness (QED) is 0.676. The molecule has 5 unspecified atom stereocenters. The topological polar surface area (TPSA) is 60.8 Å². The second-order valence-electron chi connectivity index (χ2n) is 11.5. The minimum Gasteiger partial charge on any atom is -0.393 e. The molecule has 0 amide bonds. The number of rotatable bonds is 2. The second kappa shape index (κ2) is 8.09. The molecule has 33 heavy (non-hydrogen) atoms. The van der Waals surface area contributed by atoms with Crippen LogP contribution in [0.3, 0.4) is 0 Å². The number of aliphatic hydroxyl groups excluding tert-OH is 2. The maximum Gasteiger partial charge on any atom is 0.156 e. The van der Waals surface area contributed by atoms with E-state index in [2.05, 4.69) is 36.1 Å². The summed E-state index contributed by atoms with van der Waals surface area (Å²) in [7, 11) is 0. The third-order valence-corrected chi connectivity index (χ3v) is 9.81. The van der Waals surface area contributed by atoms with Crippen LogP contribution in [0.15, 0.2) is 47.1 Å². The number of carbonyl (C=O) groups excluding carboxylic acids is 1. The minimum atomic E-state index is -0.208. The van der Waals surface area contributed by atoms with Crippen molar-refractivity contribution in [2.24, 2.45) is 17.3 Å². The number of ketones is 1. The van der Waals surface area contributed by atoms with Crippen LogP contribution in [0.2, 0.25) is 0 Å². The fourth-order valence-electron chi connectivity index (χ4n) is 7.97. The van der Waals surface area contributed by atoms with Crippen molar-refractivity contribution in [3.63, 3.8) is 0 Å². The maximum atomic E-state index is 12.2. The zero-order chi connectivity index (χ0) is 22.7. The van der Waals surface area contributed by atoms with Gasteiger partial charge in [0.05, 0.1) is 12.2 Å².